The predicted octanol–water partition coefficient (Wildman–Crippen LogP) is 3.39. The quantitative estimate of drug-likeness (QED) is 0.281. The van der Waals surface area contributed by atoms with Crippen molar-refractivity contribution in [1.82, 2.24) is 9.80 Å². The standard InChI is InChI=1S/C34H38F3N3O7/c1-32(2,18-9-7-6-8-10-18)15-40(5)14-17-13-21(41)23-19(25(17)34(35,36)37)11-16-12-20-26(39(3)4)28(43)24(31(38)46)30(45)33(20,47)29(44)22(16)27(23)42/h6-10,13,16,20,26,41-42,45,47H,11-12,14-15H2,1-5H3,(H2,38,46)/t16-,20-,26-,33-/m0/s1. The van der Waals surface area contributed by atoms with E-state index in [9.17, 15) is 48.0 Å². The van der Waals surface area contributed by atoms with Crippen LogP contribution in [0, 0.1) is 11.8 Å². The molecule has 0 heterocycles. The third kappa shape index (κ3) is 5.39. The SMILES string of the molecule is CN(Cc1cc(O)c2c(c1C(F)(F)F)C[C@H]1C[C@H]3[C@H](N(C)C)C(=O)C(C(N)=O)=C(O)[C@@]3(O)C(=O)C1=C2O)CC(C)(C)c1ccccc1. The number of fused-ring (bicyclic) bond motifs is 3. The highest BCUT2D eigenvalue weighted by atomic mass is 19.4. The number of aliphatic hydroxyl groups is 3. The van der Waals surface area contributed by atoms with Gasteiger partial charge in [-0.3, -0.25) is 19.3 Å². The maximum Gasteiger partial charge on any atom is 0.417 e. The molecule has 1 amide bonds. The molecule has 0 aromatic heterocycles. The topological polar surface area (TPSA) is 165 Å². The summed E-state index contributed by atoms with van der Waals surface area (Å²) in [5.74, 6) is -9.12. The fraction of sp³-hybridized carbons (Fsp3) is 0.441. The molecule has 0 radical (unpaired) electrons. The summed E-state index contributed by atoms with van der Waals surface area (Å²) >= 11 is 0. The molecule has 1 saturated carbocycles. The van der Waals surface area contributed by atoms with E-state index in [1.807, 2.05) is 44.2 Å². The monoisotopic (exact) mass is 657 g/mol. The second kappa shape index (κ2) is 11.5. The molecule has 4 atom stereocenters. The number of amides is 1. The number of alkyl halides is 3. The molecular formula is C34H38F3N3O7. The van der Waals surface area contributed by atoms with Gasteiger partial charge in [-0.25, -0.2) is 0 Å². The second-order valence-electron chi connectivity index (χ2n) is 13.7. The lowest BCUT2D eigenvalue weighted by atomic mass is 9.57. The Kier molecular flexibility index (Phi) is 8.35. The van der Waals surface area contributed by atoms with Crippen molar-refractivity contribution in [2.45, 2.75) is 56.5 Å². The fourth-order valence-corrected chi connectivity index (χ4v) is 7.86. The van der Waals surface area contributed by atoms with Crippen molar-refractivity contribution in [3.8, 4) is 5.75 Å². The number of phenols is 1. The Hall–Kier alpha value is -4.20. The first-order valence-electron chi connectivity index (χ1n) is 15.1. The number of ketones is 2. The highest BCUT2D eigenvalue weighted by molar-refractivity contribution is 6.24. The molecule has 6 N–H and O–H groups in total. The van der Waals surface area contributed by atoms with Gasteiger partial charge in [-0.05, 0) is 62.7 Å². The van der Waals surface area contributed by atoms with Crippen molar-refractivity contribution in [3.63, 3.8) is 0 Å². The predicted molar refractivity (Wildman–Crippen MR) is 165 cm³/mol. The molecule has 0 unspecified atom stereocenters. The lowest BCUT2D eigenvalue weighted by molar-refractivity contribution is -0.153. The van der Waals surface area contributed by atoms with Gasteiger partial charge in [0.15, 0.2) is 11.4 Å². The van der Waals surface area contributed by atoms with Crippen molar-refractivity contribution in [2.75, 3.05) is 27.7 Å². The summed E-state index contributed by atoms with van der Waals surface area (Å²) in [6, 6.07) is 9.06. The summed E-state index contributed by atoms with van der Waals surface area (Å²) in [5.41, 5.74) is -0.827. The Labute approximate surface area is 269 Å². The first-order chi connectivity index (χ1) is 21.7. The van der Waals surface area contributed by atoms with Crippen LogP contribution in [-0.2, 0) is 38.9 Å². The van der Waals surface area contributed by atoms with Crippen LogP contribution in [0.3, 0.4) is 0 Å². The molecule has 1 fully saturated rings. The number of carbonyl (C=O) groups is 3. The minimum absolute atomic E-state index is 0.207. The first-order valence-corrected chi connectivity index (χ1v) is 15.1. The molecule has 0 bridgehead atoms. The van der Waals surface area contributed by atoms with Crippen LogP contribution in [0.2, 0.25) is 0 Å². The number of carbonyl (C=O) groups excluding carboxylic acids is 3. The molecule has 3 aliphatic carbocycles. The molecule has 2 aromatic rings. The van der Waals surface area contributed by atoms with Crippen molar-refractivity contribution in [2.24, 2.45) is 17.6 Å². The van der Waals surface area contributed by atoms with Gasteiger partial charge in [0.2, 0.25) is 5.78 Å². The van der Waals surface area contributed by atoms with Crippen LogP contribution >= 0.6 is 0 Å². The van der Waals surface area contributed by atoms with E-state index >= 15 is 0 Å². The van der Waals surface area contributed by atoms with Gasteiger partial charge in [-0.2, -0.15) is 13.2 Å². The second-order valence-corrected chi connectivity index (χ2v) is 13.7. The lowest BCUT2D eigenvalue weighted by Gasteiger charge is -2.50. The number of phenolic OH excluding ortho intramolecular Hbond substituents is 1. The molecule has 0 aliphatic heterocycles. The molecular weight excluding hydrogens is 619 g/mol. The third-order valence-electron chi connectivity index (χ3n) is 9.75. The third-order valence-corrected chi connectivity index (χ3v) is 9.75. The fourth-order valence-electron chi connectivity index (χ4n) is 7.86. The average Bonchev–Trinajstić information content (AvgIpc) is 2.94. The molecule has 252 valence electrons. The van der Waals surface area contributed by atoms with Crippen molar-refractivity contribution >= 4 is 23.2 Å². The van der Waals surface area contributed by atoms with Crippen molar-refractivity contribution < 1.29 is 48.0 Å². The first kappa shape index (κ1) is 34.1. The summed E-state index contributed by atoms with van der Waals surface area (Å²) in [6.45, 7) is 4.09. The van der Waals surface area contributed by atoms with Crippen LogP contribution in [0.15, 0.2) is 53.3 Å². The van der Waals surface area contributed by atoms with Crippen LogP contribution < -0.4 is 5.73 Å². The van der Waals surface area contributed by atoms with E-state index in [2.05, 4.69) is 0 Å². The molecule has 2 aromatic carbocycles. The summed E-state index contributed by atoms with van der Waals surface area (Å²) in [4.78, 5) is 42.5. The summed E-state index contributed by atoms with van der Waals surface area (Å²) in [7, 11) is 4.55. The van der Waals surface area contributed by atoms with Gasteiger partial charge >= 0.3 is 6.18 Å². The van der Waals surface area contributed by atoms with Crippen molar-refractivity contribution in [3.05, 3.63) is 81.1 Å². The Bertz CT molecular complexity index is 1730. The zero-order valence-corrected chi connectivity index (χ0v) is 26.6. The van der Waals surface area contributed by atoms with Crippen LogP contribution in [0.4, 0.5) is 13.2 Å². The van der Waals surface area contributed by atoms with Crippen LogP contribution in [0.25, 0.3) is 5.76 Å². The zero-order chi connectivity index (χ0) is 35.0. The van der Waals surface area contributed by atoms with Crippen LogP contribution in [0.1, 0.15) is 48.1 Å². The largest absolute Gasteiger partial charge is 0.508 e. The van der Waals surface area contributed by atoms with E-state index in [1.165, 1.54) is 19.0 Å². The van der Waals surface area contributed by atoms with Gasteiger partial charge in [0.25, 0.3) is 5.91 Å². The van der Waals surface area contributed by atoms with Gasteiger partial charge < -0.3 is 31.1 Å². The maximum absolute atomic E-state index is 14.9. The molecule has 5 rings (SSSR count). The van der Waals surface area contributed by atoms with E-state index in [0.717, 1.165) is 11.6 Å². The van der Waals surface area contributed by atoms with Gasteiger partial charge in [-0.15, -0.1) is 0 Å². The number of hydrogen-bond donors (Lipinski definition) is 5. The molecule has 13 heteroatoms. The minimum atomic E-state index is -4.93. The summed E-state index contributed by atoms with van der Waals surface area (Å²) in [5, 5.41) is 45.1. The number of nitrogens with zero attached hydrogens (tertiary/aromatic N) is 2. The van der Waals surface area contributed by atoms with Gasteiger partial charge in [-0.1, -0.05) is 44.2 Å². The molecule has 3 aliphatic rings. The van der Waals surface area contributed by atoms with Gasteiger partial charge in [0.1, 0.15) is 22.8 Å². The smallest absolute Gasteiger partial charge is 0.417 e. The number of rotatable bonds is 7. The lowest BCUT2D eigenvalue weighted by Crippen LogP contribution is -2.65. The van der Waals surface area contributed by atoms with Crippen molar-refractivity contribution in [1.29, 1.82) is 0 Å². The minimum Gasteiger partial charge on any atom is -0.508 e. The Morgan fingerprint density at radius 3 is 2.23 bits per heavy atom. The van der Waals surface area contributed by atoms with E-state index in [4.69, 9.17) is 5.73 Å². The zero-order valence-electron chi connectivity index (χ0n) is 26.6. The van der Waals surface area contributed by atoms with E-state index in [1.54, 1.807) is 11.9 Å². The number of aromatic hydroxyl groups is 1. The number of halogens is 3. The molecule has 10 nitrogen and oxygen atoms in total. The Morgan fingerprint density at radius 2 is 1.68 bits per heavy atom. The van der Waals surface area contributed by atoms with E-state index in [0.29, 0.717) is 6.54 Å². The number of likely N-dealkylation sites (N-methyl/N-ethyl adjacent to an activating group) is 2. The number of hydrogen-bond acceptors (Lipinski definition) is 9. The molecule has 47 heavy (non-hydrogen) atoms. The summed E-state index contributed by atoms with van der Waals surface area (Å²) < 4.78 is 44.8. The van der Waals surface area contributed by atoms with E-state index in [-0.39, 0.29) is 18.5 Å². The highest BCUT2D eigenvalue weighted by Crippen LogP contribution is 2.54. The summed E-state index contributed by atoms with van der Waals surface area (Å²) in [6.07, 6.45) is -5.71. The average molecular weight is 658 g/mol. The van der Waals surface area contributed by atoms with E-state index < -0.39 is 104 Å². The number of aliphatic hydroxyl groups excluding tert-OH is 2. The number of Topliss-reactive ketones (excluding diaryl/α,β-unsaturated/α-hetero) is 2. The normalized spacial score (nSPS) is 24.9. The number of benzene rings is 2. The van der Waals surface area contributed by atoms with Gasteiger partial charge in [0, 0.05) is 30.0 Å². The highest BCUT2D eigenvalue weighted by Gasteiger charge is 2.64. The number of nitrogens with two attached hydrogens (primary N) is 1. The van der Waals surface area contributed by atoms with Crippen LogP contribution in [0.5, 0.6) is 5.75 Å². The maximum atomic E-state index is 14.9. The Balaban J connectivity index is 1.63. The van der Waals surface area contributed by atoms with Crippen LogP contribution in [-0.4, -0.2) is 87.0 Å². The molecule has 0 saturated heterocycles. The Morgan fingerprint density at radius 1 is 1.06 bits per heavy atom. The van der Waals surface area contributed by atoms with Gasteiger partial charge in [0.05, 0.1) is 17.2 Å². The number of primary amides is 1. The molecule has 0 spiro atoms.